The van der Waals surface area contributed by atoms with E-state index in [9.17, 15) is 9.59 Å². The summed E-state index contributed by atoms with van der Waals surface area (Å²) in [6.07, 6.45) is 2.47. The maximum Gasteiger partial charge on any atom is 0.407 e. The van der Waals surface area contributed by atoms with Crippen LogP contribution in [0.2, 0.25) is 0 Å². The number of carbonyl (C=O) groups excluding carboxylic acids is 2. The smallest absolute Gasteiger partial charge is 0.407 e. The average molecular weight is 436 g/mol. The molecular formula is C23H34FN3O4. The highest BCUT2D eigenvalue weighted by atomic mass is 19.1. The number of halogens is 1. The Hall–Kier alpha value is -2.51. The summed E-state index contributed by atoms with van der Waals surface area (Å²) in [5.74, 6) is -0.751. The van der Waals surface area contributed by atoms with Gasteiger partial charge in [-0.25, -0.2) is 14.0 Å². The lowest BCUT2D eigenvalue weighted by Crippen LogP contribution is -2.36. The Morgan fingerprint density at radius 2 is 1.97 bits per heavy atom. The van der Waals surface area contributed by atoms with E-state index in [4.69, 9.17) is 9.47 Å². The van der Waals surface area contributed by atoms with Gasteiger partial charge in [-0.2, -0.15) is 0 Å². The maximum absolute atomic E-state index is 15.2. The number of esters is 1. The molecule has 1 unspecified atom stereocenters. The van der Waals surface area contributed by atoms with Crippen LogP contribution >= 0.6 is 0 Å². The van der Waals surface area contributed by atoms with E-state index in [1.165, 1.54) is 6.07 Å². The van der Waals surface area contributed by atoms with E-state index in [1.54, 1.807) is 6.92 Å². The Morgan fingerprint density at radius 1 is 1.26 bits per heavy atom. The second-order valence-corrected chi connectivity index (χ2v) is 9.38. The minimum absolute atomic E-state index is 0.191. The number of nitrogens with one attached hydrogen (secondary N) is 2. The molecule has 2 aliphatic rings. The molecule has 1 aromatic carbocycles. The van der Waals surface area contributed by atoms with Crippen LogP contribution in [-0.2, 0) is 9.47 Å². The first kappa shape index (κ1) is 23.2. The average Bonchev–Trinajstić information content (AvgIpc) is 3.37. The molecule has 1 aromatic rings. The molecule has 2 N–H and O–H groups in total. The van der Waals surface area contributed by atoms with Gasteiger partial charge in [0.05, 0.1) is 23.5 Å². The second-order valence-electron chi connectivity index (χ2n) is 9.38. The van der Waals surface area contributed by atoms with Crippen LogP contribution in [0.1, 0.15) is 62.9 Å². The predicted octanol–water partition coefficient (Wildman–Crippen LogP) is 4.24. The van der Waals surface area contributed by atoms with E-state index in [2.05, 4.69) is 10.6 Å². The third-order valence-corrected chi connectivity index (χ3v) is 5.45. The number of benzene rings is 1. The second kappa shape index (κ2) is 9.32. The largest absolute Gasteiger partial charge is 0.462 e. The Balaban J connectivity index is 1.73. The van der Waals surface area contributed by atoms with Gasteiger partial charge in [0.1, 0.15) is 11.4 Å². The van der Waals surface area contributed by atoms with Crippen molar-refractivity contribution in [1.82, 2.24) is 5.32 Å². The third-order valence-electron chi connectivity index (χ3n) is 5.45. The predicted molar refractivity (Wildman–Crippen MR) is 118 cm³/mol. The number of anilines is 2. The van der Waals surface area contributed by atoms with Gasteiger partial charge in [-0.1, -0.05) is 0 Å². The number of ether oxygens (including phenoxy) is 2. The molecule has 2 fully saturated rings. The van der Waals surface area contributed by atoms with Crippen molar-refractivity contribution in [2.75, 3.05) is 36.5 Å². The van der Waals surface area contributed by atoms with Crippen molar-refractivity contribution >= 4 is 23.4 Å². The lowest BCUT2D eigenvalue weighted by Gasteiger charge is -2.25. The lowest BCUT2D eigenvalue weighted by molar-refractivity contribution is 0.0513. The molecular weight excluding hydrogens is 401 g/mol. The Bertz CT molecular complexity index is 833. The molecule has 1 heterocycles. The topological polar surface area (TPSA) is 79.9 Å². The zero-order valence-corrected chi connectivity index (χ0v) is 19.1. The van der Waals surface area contributed by atoms with Gasteiger partial charge >= 0.3 is 12.1 Å². The van der Waals surface area contributed by atoms with Gasteiger partial charge < -0.3 is 25.0 Å². The van der Waals surface area contributed by atoms with Gasteiger partial charge in [0.15, 0.2) is 0 Å². The lowest BCUT2D eigenvalue weighted by atomic mass is 10.0. The van der Waals surface area contributed by atoms with Gasteiger partial charge in [0.25, 0.3) is 0 Å². The van der Waals surface area contributed by atoms with Crippen LogP contribution in [0.4, 0.5) is 20.6 Å². The molecule has 1 atom stereocenters. The van der Waals surface area contributed by atoms with E-state index < -0.39 is 23.5 Å². The fourth-order valence-corrected chi connectivity index (χ4v) is 3.89. The van der Waals surface area contributed by atoms with E-state index in [0.717, 1.165) is 24.8 Å². The summed E-state index contributed by atoms with van der Waals surface area (Å²) in [4.78, 5) is 26.3. The minimum Gasteiger partial charge on any atom is -0.462 e. The summed E-state index contributed by atoms with van der Waals surface area (Å²) in [6, 6.07) is 1.60. The summed E-state index contributed by atoms with van der Waals surface area (Å²) in [5, 5.41) is 6.20. The number of rotatable bonds is 7. The van der Waals surface area contributed by atoms with Gasteiger partial charge in [-0.3, -0.25) is 0 Å². The quantitative estimate of drug-likeness (QED) is 0.624. The Kier molecular flexibility index (Phi) is 6.96. The first-order valence-corrected chi connectivity index (χ1v) is 11.1. The number of hydrogen-bond donors (Lipinski definition) is 2. The molecule has 1 aliphatic heterocycles. The number of hydrogen-bond acceptors (Lipinski definition) is 6. The first-order valence-electron chi connectivity index (χ1n) is 11.1. The van der Waals surface area contributed by atoms with E-state index in [1.807, 2.05) is 32.6 Å². The van der Waals surface area contributed by atoms with Gasteiger partial charge in [-0.05, 0) is 71.4 Å². The van der Waals surface area contributed by atoms with Gasteiger partial charge in [0.2, 0.25) is 0 Å². The molecule has 7 nitrogen and oxygen atoms in total. The molecule has 1 saturated heterocycles. The summed E-state index contributed by atoms with van der Waals surface area (Å²) in [6.45, 7) is 11.1. The molecule has 31 heavy (non-hydrogen) atoms. The molecule has 0 radical (unpaired) electrons. The zero-order chi connectivity index (χ0) is 22.8. The highest BCUT2D eigenvalue weighted by Gasteiger charge is 2.31. The summed E-state index contributed by atoms with van der Waals surface area (Å²) in [5.41, 5.74) is 1.59. The van der Waals surface area contributed by atoms with Crippen molar-refractivity contribution in [1.29, 1.82) is 0 Å². The van der Waals surface area contributed by atoms with Crippen molar-refractivity contribution < 1.29 is 23.5 Å². The molecule has 8 heteroatoms. The number of carbonyl (C=O) groups is 2. The summed E-state index contributed by atoms with van der Waals surface area (Å²) < 4.78 is 25.6. The van der Waals surface area contributed by atoms with Crippen LogP contribution in [0.3, 0.4) is 0 Å². The standard InChI is InChI=1S/C23H34FN3O4/c1-6-30-21(28)17-11-18(24)20(14(2)19(17)26-16-7-8-16)27-10-9-15(13-27)12-25-22(29)31-23(3,4)5/h11,15-16,26H,6-10,12-13H2,1-5H3,(H,25,29). The third kappa shape index (κ3) is 6.02. The van der Waals surface area contributed by atoms with Crippen LogP contribution < -0.4 is 15.5 Å². The Labute approximate surface area is 183 Å². The van der Waals surface area contributed by atoms with Crippen molar-refractivity contribution in [3.05, 3.63) is 23.0 Å². The highest BCUT2D eigenvalue weighted by Crippen LogP contribution is 2.38. The van der Waals surface area contributed by atoms with Crippen molar-refractivity contribution in [2.24, 2.45) is 5.92 Å². The minimum atomic E-state index is -0.544. The summed E-state index contributed by atoms with van der Waals surface area (Å²) in [7, 11) is 0. The van der Waals surface area contributed by atoms with Crippen LogP contribution in [0, 0.1) is 18.7 Å². The number of alkyl carbamates (subject to hydrolysis) is 1. The SMILES string of the molecule is CCOC(=O)c1cc(F)c(N2CCC(CNC(=O)OC(C)(C)C)C2)c(C)c1NC1CC1. The molecule has 1 amide bonds. The highest BCUT2D eigenvalue weighted by molar-refractivity contribution is 5.98. The van der Waals surface area contributed by atoms with E-state index >= 15 is 4.39 Å². The van der Waals surface area contributed by atoms with Crippen molar-refractivity contribution in [3.63, 3.8) is 0 Å². The first-order chi connectivity index (χ1) is 14.6. The Morgan fingerprint density at radius 3 is 2.58 bits per heavy atom. The van der Waals surface area contributed by atoms with E-state index in [0.29, 0.717) is 37.1 Å². The molecule has 1 saturated carbocycles. The molecule has 0 bridgehead atoms. The molecule has 172 valence electrons. The fraction of sp³-hybridized carbons (Fsp3) is 0.652. The molecule has 1 aliphatic carbocycles. The van der Waals surface area contributed by atoms with Gasteiger partial charge in [0, 0.05) is 25.7 Å². The summed E-state index contributed by atoms with van der Waals surface area (Å²) >= 11 is 0. The van der Waals surface area contributed by atoms with E-state index in [-0.39, 0.29) is 18.1 Å². The maximum atomic E-state index is 15.2. The van der Waals surface area contributed by atoms with Crippen LogP contribution in [-0.4, -0.2) is 49.9 Å². The van der Waals surface area contributed by atoms with Crippen LogP contribution in [0.15, 0.2) is 6.07 Å². The monoisotopic (exact) mass is 435 g/mol. The number of nitrogens with zero attached hydrogens (tertiary/aromatic N) is 1. The number of amides is 1. The van der Waals surface area contributed by atoms with Crippen LogP contribution in [0.5, 0.6) is 0 Å². The molecule has 0 aromatic heterocycles. The van der Waals surface area contributed by atoms with Crippen molar-refractivity contribution in [3.8, 4) is 0 Å². The normalized spacial score (nSPS) is 18.6. The fourth-order valence-electron chi connectivity index (χ4n) is 3.89. The zero-order valence-electron chi connectivity index (χ0n) is 19.1. The molecule has 3 rings (SSSR count). The van der Waals surface area contributed by atoms with Crippen molar-refractivity contribution in [2.45, 2.75) is 65.5 Å². The van der Waals surface area contributed by atoms with Crippen LogP contribution in [0.25, 0.3) is 0 Å². The van der Waals surface area contributed by atoms with Gasteiger partial charge in [-0.15, -0.1) is 0 Å². The molecule has 0 spiro atoms.